The lowest BCUT2D eigenvalue weighted by Crippen LogP contribution is -2.16. The summed E-state index contributed by atoms with van der Waals surface area (Å²) < 4.78 is 0. The molecule has 0 unspecified atom stereocenters. The largest absolute Gasteiger partial charge is 0.368 e. The molecule has 4 N–H and O–H groups in total. The molecule has 2 aromatic heterocycles. The van der Waals surface area contributed by atoms with Gasteiger partial charge in [-0.2, -0.15) is 15.0 Å². The van der Waals surface area contributed by atoms with Crippen LogP contribution >= 0.6 is 11.8 Å². The zero-order valence-electron chi connectivity index (χ0n) is 14.7. The van der Waals surface area contributed by atoms with Crippen molar-refractivity contribution in [3.8, 4) is 0 Å². The van der Waals surface area contributed by atoms with Crippen molar-refractivity contribution in [2.75, 3.05) is 24.7 Å². The first-order valence-corrected chi connectivity index (χ1v) is 8.78. The van der Waals surface area contributed by atoms with Gasteiger partial charge in [0.25, 0.3) is 0 Å². The zero-order chi connectivity index (χ0) is 18.8. The van der Waals surface area contributed by atoms with E-state index in [1.54, 1.807) is 11.0 Å². The van der Waals surface area contributed by atoms with Gasteiger partial charge in [-0.25, -0.2) is 4.98 Å². The van der Waals surface area contributed by atoms with Crippen LogP contribution < -0.4 is 16.4 Å². The molecule has 0 bridgehead atoms. The minimum absolute atomic E-state index is 0.145. The molecule has 0 spiro atoms. The highest BCUT2D eigenvalue weighted by Gasteiger charge is 2.17. The van der Waals surface area contributed by atoms with E-state index in [0.717, 1.165) is 5.39 Å². The van der Waals surface area contributed by atoms with Crippen LogP contribution in [0.1, 0.15) is 28.4 Å². The molecule has 0 fully saturated rings. The molecular formula is C17H19N7OS. The quantitative estimate of drug-likeness (QED) is 0.655. The van der Waals surface area contributed by atoms with E-state index in [9.17, 15) is 4.79 Å². The number of nitrogen functional groups attached to an aromatic ring is 1. The molecule has 0 saturated carbocycles. The Bertz CT molecular complexity index is 976. The maximum absolute atomic E-state index is 11.8. The lowest BCUT2D eigenvalue weighted by Gasteiger charge is -2.15. The van der Waals surface area contributed by atoms with E-state index in [0.29, 0.717) is 27.9 Å². The first kappa shape index (κ1) is 17.9. The van der Waals surface area contributed by atoms with Gasteiger partial charge in [0.1, 0.15) is 5.82 Å². The third-order valence-electron chi connectivity index (χ3n) is 3.68. The summed E-state index contributed by atoms with van der Waals surface area (Å²) in [5.41, 5.74) is 12.5. The fraction of sp³-hybridized carbons (Fsp3) is 0.235. The van der Waals surface area contributed by atoms with E-state index in [1.807, 2.05) is 45.3 Å². The van der Waals surface area contributed by atoms with Crippen molar-refractivity contribution in [2.24, 2.45) is 5.73 Å². The predicted molar refractivity (Wildman–Crippen MR) is 103 cm³/mol. The Labute approximate surface area is 155 Å². The number of carbonyl (C=O) groups excluding carboxylic acids is 1. The Kier molecular flexibility index (Phi) is 4.90. The molecule has 26 heavy (non-hydrogen) atoms. The molecule has 1 aromatic carbocycles. The van der Waals surface area contributed by atoms with Crippen molar-refractivity contribution in [3.63, 3.8) is 0 Å². The molecular weight excluding hydrogens is 350 g/mol. The number of benzene rings is 1. The summed E-state index contributed by atoms with van der Waals surface area (Å²) in [6, 6.07) is 9.09. The maximum atomic E-state index is 11.8. The number of primary amides is 1. The normalized spacial score (nSPS) is 12.1. The van der Waals surface area contributed by atoms with Crippen LogP contribution in [-0.4, -0.2) is 39.9 Å². The van der Waals surface area contributed by atoms with Crippen LogP contribution in [0.5, 0.6) is 0 Å². The summed E-state index contributed by atoms with van der Waals surface area (Å²) >= 11 is 1.43. The molecule has 1 amide bonds. The summed E-state index contributed by atoms with van der Waals surface area (Å²) in [7, 11) is 3.67. The lowest BCUT2D eigenvalue weighted by molar-refractivity contribution is 0.100. The van der Waals surface area contributed by atoms with Gasteiger partial charge in [-0.15, -0.1) is 0 Å². The summed E-state index contributed by atoms with van der Waals surface area (Å²) in [4.78, 5) is 30.9. The van der Waals surface area contributed by atoms with Crippen molar-refractivity contribution in [1.82, 2.24) is 19.9 Å². The number of para-hydroxylation sites is 1. The first-order valence-electron chi connectivity index (χ1n) is 7.90. The summed E-state index contributed by atoms with van der Waals surface area (Å²) in [5, 5.41) is 1.25. The second-order valence-electron chi connectivity index (χ2n) is 5.90. The minimum Gasteiger partial charge on any atom is -0.368 e. The zero-order valence-corrected chi connectivity index (χ0v) is 15.5. The number of fused-ring (bicyclic) bond motifs is 1. The molecule has 3 aromatic rings. The number of pyridine rings is 1. The van der Waals surface area contributed by atoms with Gasteiger partial charge in [0.2, 0.25) is 17.8 Å². The van der Waals surface area contributed by atoms with Crippen LogP contribution in [0.2, 0.25) is 0 Å². The highest BCUT2D eigenvalue weighted by molar-refractivity contribution is 7.99. The van der Waals surface area contributed by atoms with Gasteiger partial charge < -0.3 is 16.4 Å². The standard InChI is InChI=1S/C17H19N7OS/c1-9(15-21-16(19)23-17(22-15)24(2)3)26-13-8-11(14(18)25)10-6-4-5-7-12(10)20-13/h4-9H,1-3H3,(H2,18,25)(H2,19,21,22,23)/t9-/m1/s1. The topological polar surface area (TPSA) is 124 Å². The maximum Gasteiger partial charge on any atom is 0.249 e. The van der Waals surface area contributed by atoms with E-state index in [2.05, 4.69) is 19.9 Å². The van der Waals surface area contributed by atoms with Gasteiger partial charge >= 0.3 is 0 Å². The summed E-state index contributed by atoms with van der Waals surface area (Å²) in [5.74, 6) is 0.707. The number of thioether (sulfide) groups is 1. The number of aromatic nitrogens is 4. The Balaban J connectivity index is 1.97. The Morgan fingerprint density at radius 3 is 2.58 bits per heavy atom. The van der Waals surface area contributed by atoms with Crippen LogP contribution in [0.4, 0.5) is 11.9 Å². The van der Waals surface area contributed by atoms with Gasteiger partial charge in [0.15, 0.2) is 0 Å². The molecule has 0 radical (unpaired) electrons. The van der Waals surface area contributed by atoms with Gasteiger partial charge in [-0.1, -0.05) is 30.0 Å². The van der Waals surface area contributed by atoms with Crippen LogP contribution in [0.15, 0.2) is 35.4 Å². The minimum atomic E-state index is -0.489. The fourth-order valence-corrected chi connectivity index (χ4v) is 3.34. The molecule has 9 heteroatoms. The molecule has 0 saturated heterocycles. The monoisotopic (exact) mass is 369 g/mol. The van der Waals surface area contributed by atoms with Crippen LogP contribution in [0, 0.1) is 0 Å². The predicted octanol–water partition coefficient (Wildman–Crippen LogP) is 2.02. The highest BCUT2D eigenvalue weighted by atomic mass is 32.2. The third kappa shape index (κ3) is 3.67. The van der Waals surface area contributed by atoms with Gasteiger partial charge in [0, 0.05) is 19.5 Å². The van der Waals surface area contributed by atoms with Crippen molar-refractivity contribution in [2.45, 2.75) is 17.2 Å². The smallest absolute Gasteiger partial charge is 0.249 e. The second kappa shape index (κ2) is 7.12. The van der Waals surface area contributed by atoms with Crippen molar-refractivity contribution >= 4 is 40.5 Å². The van der Waals surface area contributed by atoms with Gasteiger partial charge in [0.05, 0.1) is 21.4 Å². The number of nitrogens with zero attached hydrogens (tertiary/aromatic N) is 5. The van der Waals surface area contributed by atoms with E-state index in [4.69, 9.17) is 11.5 Å². The van der Waals surface area contributed by atoms with E-state index < -0.39 is 5.91 Å². The van der Waals surface area contributed by atoms with E-state index in [1.165, 1.54) is 11.8 Å². The molecule has 134 valence electrons. The first-order chi connectivity index (χ1) is 12.3. The molecule has 8 nitrogen and oxygen atoms in total. The number of nitrogens with two attached hydrogens (primary N) is 2. The number of amides is 1. The molecule has 3 rings (SSSR count). The number of hydrogen-bond donors (Lipinski definition) is 2. The summed E-state index contributed by atoms with van der Waals surface area (Å²) in [6.07, 6.45) is 0. The number of carbonyl (C=O) groups is 1. The Morgan fingerprint density at radius 2 is 1.88 bits per heavy atom. The number of rotatable bonds is 5. The van der Waals surface area contributed by atoms with Gasteiger partial charge in [-0.3, -0.25) is 4.79 Å². The number of anilines is 2. The van der Waals surface area contributed by atoms with Crippen molar-refractivity contribution in [3.05, 3.63) is 41.7 Å². The van der Waals surface area contributed by atoms with Crippen LogP contribution in [0.25, 0.3) is 10.9 Å². The molecule has 0 aliphatic heterocycles. The highest BCUT2D eigenvalue weighted by Crippen LogP contribution is 2.34. The number of hydrogen-bond acceptors (Lipinski definition) is 8. The molecule has 1 atom stereocenters. The summed E-state index contributed by atoms with van der Waals surface area (Å²) in [6.45, 7) is 1.94. The fourth-order valence-electron chi connectivity index (χ4n) is 2.43. The van der Waals surface area contributed by atoms with Crippen LogP contribution in [0.3, 0.4) is 0 Å². The van der Waals surface area contributed by atoms with E-state index >= 15 is 0 Å². The SMILES string of the molecule is C[C@@H](Sc1cc(C(N)=O)c2ccccc2n1)c1nc(N)nc(N(C)C)n1. The van der Waals surface area contributed by atoms with Crippen molar-refractivity contribution in [1.29, 1.82) is 0 Å². The molecule has 0 aliphatic carbocycles. The average molecular weight is 369 g/mol. The third-order valence-corrected chi connectivity index (χ3v) is 4.69. The van der Waals surface area contributed by atoms with E-state index in [-0.39, 0.29) is 11.2 Å². The van der Waals surface area contributed by atoms with Crippen LogP contribution in [-0.2, 0) is 0 Å². The van der Waals surface area contributed by atoms with Gasteiger partial charge in [-0.05, 0) is 19.1 Å². The second-order valence-corrected chi connectivity index (χ2v) is 7.26. The Hall–Kier alpha value is -2.94. The average Bonchev–Trinajstić information content (AvgIpc) is 2.60. The van der Waals surface area contributed by atoms with Crippen molar-refractivity contribution < 1.29 is 4.79 Å². The Morgan fingerprint density at radius 1 is 1.15 bits per heavy atom. The lowest BCUT2D eigenvalue weighted by atomic mass is 10.1. The molecule has 0 aliphatic rings. The molecule has 2 heterocycles.